The number of benzene rings is 1. The number of aliphatic hydroxyl groups excluding tert-OH is 2. The molecule has 0 aliphatic heterocycles. The second-order valence-corrected chi connectivity index (χ2v) is 13.7. The Balaban J connectivity index is 1.62. The van der Waals surface area contributed by atoms with Crippen LogP contribution in [0.5, 0.6) is 5.75 Å². The van der Waals surface area contributed by atoms with Gasteiger partial charge < -0.3 is 0 Å². The zero-order valence-electron chi connectivity index (χ0n) is 26.8. The average Bonchev–Trinajstić information content (AvgIpc) is 2.91. The minimum atomic E-state index is -2.39. The number of aliphatic hydroxyl groups is 3. The van der Waals surface area contributed by atoms with Crippen LogP contribution in [0, 0.1) is 17.3 Å². The summed E-state index contributed by atoms with van der Waals surface area (Å²) in [5.74, 6) is -4.30. The Bertz CT molecular complexity index is 1470. The zero-order chi connectivity index (χ0) is 32.5. The molecule has 0 heterocycles. The maximum atomic E-state index is 14.2. The molecule has 2 fully saturated rings. The first-order valence-corrected chi connectivity index (χ1v) is 15.6. The molecule has 10 nitrogen and oxygen atoms in total. The van der Waals surface area contributed by atoms with Crippen molar-refractivity contribution in [1.82, 2.24) is 9.80 Å². The van der Waals surface area contributed by atoms with Gasteiger partial charge in [-0.15, -0.1) is 0 Å². The monoisotopic (exact) mass is 605 g/mol. The zero-order valence-corrected chi connectivity index (χ0v) is 26.8. The number of carbonyl (C=O) groups excluding carboxylic acids is 2. The summed E-state index contributed by atoms with van der Waals surface area (Å²) in [4.78, 5) is 32.6. The molecule has 5 rings (SSSR count). The molecule has 1 radical (unpaired) electrons. The molecule has 1 aromatic rings. The Morgan fingerprint density at radius 1 is 1.14 bits per heavy atom. The van der Waals surface area contributed by atoms with Crippen molar-refractivity contribution < 1.29 is 30.0 Å². The first kappa shape index (κ1) is 32.3. The molecule has 2 saturated carbocycles. The van der Waals surface area contributed by atoms with Crippen LogP contribution in [0.1, 0.15) is 62.6 Å². The number of Topliss-reactive ketones (excluding diaryl/α,β-unsaturated/α-hetero) is 1. The fourth-order valence-electron chi connectivity index (χ4n) is 8.44. The Hall–Kier alpha value is -3.15. The van der Waals surface area contributed by atoms with Gasteiger partial charge in [0, 0.05) is 0 Å². The predicted octanol–water partition coefficient (Wildman–Crippen LogP) is 2.20. The molecule has 6 N–H and O–H groups in total. The van der Waals surface area contributed by atoms with Crippen molar-refractivity contribution in [3.63, 3.8) is 0 Å². The summed E-state index contributed by atoms with van der Waals surface area (Å²) < 4.78 is 0. The van der Waals surface area contributed by atoms with Crippen LogP contribution in [0.2, 0.25) is 0 Å². The van der Waals surface area contributed by atoms with Gasteiger partial charge in [-0.3, -0.25) is 0 Å². The summed E-state index contributed by atoms with van der Waals surface area (Å²) in [5.41, 5.74) is 5.13. The summed E-state index contributed by atoms with van der Waals surface area (Å²) in [6, 6.07) is 0.750. The molecule has 1 aromatic carbocycles. The average molecular weight is 606 g/mol. The number of nitrogens with zero attached hydrogens (tertiary/aromatic N) is 3. The van der Waals surface area contributed by atoms with Gasteiger partial charge >= 0.3 is 216 Å². The fraction of sp³-hybridized carbons (Fsp3) is 0.606. The van der Waals surface area contributed by atoms with Crippen LogP contribution in [-0.2, 0) is 22.6 Å². The van der Waals surface area contributed by atoms with Crippen molar-refractivity contribution in [3.05, 3.63) is 39.7 Å². The maximum absolute atomic E-state index is 14.2. The standard InChI is InChI=1S/C33H46BN4O6/c1-7-32(10-9-11-32)16-38(8-2)15-18-14-21(39)23-19(25(18)36(3)4)12-17-13-20-26(37(5)6)28(41)24(31(35)43)29(34)33(20,44)30(42)22(17)27(23)40/h14,17,20,26,39-41,44H,7-13,15-16H2,1-6H3,(H2,35,43)/t17-,20-,26-,33+/m0/s1. The third-order valence-corrected chi connectivity index (χ3v) is 10.9. The Kier molecular flexibility index (Phi) is 8.31. The van der Waals surface area contributed by atoms with Gasteiger partial charge in [-0.1, -0.05) is 20.3 Å². The van der Waals surface area contributed by atoms with Crippen LogP contribution < -0.4 is 10.6 Å². The van der Waals surface area contributed by atoms with Crippen molar-refractivity contribution in [2.45, 2.75) is 70.6 Å². The summed E-state index contributed by atoms with van der Waals surface area (Å²) in [5, 5.41) is 46.2. The predicted molar refractivity (Wildman–Crippen MR) is 172 cm³/mol. The van der Waals surface area contributed by atoms with Crippen LogP contribution in [-0.4, -0.2) is 108 Å². The van der Waals surface area contributed by atoms with E-state index in [0.29, 0.717) is 18.4 Å². The number of anilines is 1. The summed E-state index contributed by atoms with van der Waals surface area (Å²) in [7, 11) is 13.5. The van der Waals surface area contributed by atoms with Crippen LogP contribution in [0.15, 0.2) is 23.0 Å². The number of fused-ring (bicyclic) bond motifs is 3. The van der Waals surface area contributed by atoms with Crippen molar-refractivity contribution in [2.24, 2.45) is 23.0 Å². The van der Waals surface area contributed by atoms with E-state index in [0.717, 1.165) is 36.3 Å². The Morgan fingerprint density at radius 3 is 2.30 bits per heavy atom. The van der Waals surface area contributed by atoms with Crippen LogP contribution >= 0.6 is 0 Å². The van der Waals surface area contributed by atoms with Crippen LogP contribution in [0.25, 0.3) is 5.76 Å². The molecule has 44 heavy (non-hydrogen) atoms. The van der Waals surface area contributed by atoms with Gasteiger partial charge in [0.05, 0.1) is 0 Å². The van der Waals surface area contributed by atoms with Crippen molar-refractivity contribution in [3.8, 4) is 5.75 Å². The van der Waals surface area contributed by atoms with E-state index in [4.69, 9.17) is 13.2 Å². The van der Waals surface area contributed by atoms with E-state index in [1.807, 2.05) is 19.0 Å². The van der Waals surface area contributed by atoms with Crippen LogP contribution in [0.3, 0.4) is 0 Å². The minimum absolute atomic E-state index is 0.0419. The number of phenolic OH excluding ortho intramolecular Hbond substituents is 1. The van der Waals surface area contributed by atoms with E-state index in [1.165, 1.54) is 19.3 Å². The Labute approximate surface area is 260 Å². The number of hydrogen-bond donors (Lipinski definition) is 5. The van der Waals surface area contributed by atoms with Crippen LogP contribution in [0.4, 0.5) is 5.69 Å². The molecule has 4 atom stereocenters. The molecule has 237 valence electrons. The topological polar surface area (TPSA) is 151 Å². The van der Waals surface area contributed by atoms with E-state index in [1.54, 1.807) is 25.1 Å². The van der Waals surface area contributed by atoms with E-state index < -0.39 is 52.0 Å². The van der Waals surface area contributed by atoms with E-state index in [-0.39, 0.29) is 29.1 Å². The van der Waals surface area contributed by atoms with E-state index in [9.17, 15) is 30.0 Å². The van der Waals surface area contributed by atoms with Crippen molar-refractivity contribution in [2.75, 3.05) is 46.2 Å². The molecule has 0 unspecified atom stereocenters. The Morgan fingerprint density at radius 2 is 1.80 bits per heavy atom. The molecule has 0 aromatic heterocycles. The number of phenols is 1. The summed E-state index contributed by atoms with van der Waals surface area (Å²) in [6.45, 7) is 6.86. The molecule has 4 aliphatic carbocycles. The molecular weight excluding hydrogens is 559 g/mol. The van der Waals surface area contributed by atoms with Gasteiger partial charge in [0.2, 0.25) is 0 Å². The van der Waals surface area contributed by atoms with Gasteiger partial charge in [-0.25, -0.2) is 0 Å². The number of amides is 1. The first-order valence-electron chi connectivity index (χ1n) is 15.6. The number of likely N-dealkylation sites (N-methyl/N-ethyl adjacent to an activating group) is 1. The number of ketones is 1. The summed E-state index contributed by atoms with van der Waals surface area (Å²) in [6.07, 6.45) is 5.34. The molecule has 0 saturated heterocycles. The molecule has 11 heteroatoms. The molecule has 0 bridgehead atoms. The number of rotatable bonds is 9. The van der Waals surface area contributed by atoms with Crippen molar-refractivity contribution in [1.29, 1.82) is 0 Å². The fourth-order valence-corrected chi connectivity index (χ4v) is 8.44. The molecular formula is C33H46BN4O6. The molecule has 1 amide bonds. The van der Waals surface area contributed by atoms with Gasteiger partial charge in [-0.05, 0) is 24.7 Å². The molecule has 4 aliphatic rings. The summed E-state index contributed by atoms with van der Waals surface area (Å²) >= 11 is 0. The number of aromatic hydroxyl groups is 1. The second kappa shape index (κ2) is 11.3. The second-order valence-electron chi connectivity index (χ2n) is 13.7. The molecule has 0 spiro atoms. The van der Waals surface area contributed by atoms with E-state index >= 15 is 0 Å². The number of carbonyl (C=O) groups is 2. The number of hydrogen-bond acceptors (Lipinski definition) is 9. The third kappa shape index (κ3) is 4.70. The third-order valence-electron chi connectivity index (χ3n) is 10.9. The first-order chi connectivity index (χ1) is 20.6. The van der Waals surface area contributed by atoms with E-state index in [2.05, 4.69) is 18.7 Å². The number of nitrogens with two attached hydrogens (primary N) is 1. The van der Waals surface area contributed by atoms with Gasteiger partial charge in [0.25, 0.3) is 0 Å². The van der Waals surface area contributed by atoms with Crippen molar-refractivity contribution >= 4 is 36.1 Å². The quantitative estimate of drug-likeness (QED) is 0.267. The number of primary amides is 1. The van der Waals surface area contributed by atoms with Gasteiger partial charge in [-0.2, -0.15) is 0 Å². The van der Waals surface area contributed by atoms with Gasteiger partial charge in [0.1, 0.15) is 0 Å². The van der Waals surface area contributed by atoms with Gasteiger partial charge in [0.15, 0.2) is 0 Å². The SMILES string of the molecule is [B]=C1C(C(N)=O)=C(O)[C@@H](N(C)C)[C@@H]2C[C@@H]3Cc4c(c(O)cc(CN(CC)CC5(CC)CCC5)c4N(C)C)C(O)=C3C(=O)[C@]12O. The normalized spacial score (nSPS) is 27.7.